The van der Waals surface area contributed by atoms with Crippen molar-refractivity contribution in [1.82, 2.24) is 9.97 Å². The van der Waals surface area contributed by atoms with Gasteiger partial charge in [-0.05, 0) is 38.1 Å². The molecule has 0 spiro atoms. The minimum Gasteiger partial charge on any atom is -0.377 e. The Labute approximate surface area is 106 Å². The Kier molecular flexibility index (Phi) is 3.54. The van der Waals surface area contributed by atoms with Gasteiger partial charge in [0, 0.05) is 18.1 Å². The van der Waals surface area contributed by atoms with Gasteiger partial charge in [-0.2, -0.15) is 5.26 Å². The molecule has 0 aliphatic carbocycles. The highest BCUT2D eigenvalue weighted by molar-refractivity contribution is 5.48. The molecule has 0 radical (unpaired) electrons. The van der Waals surface area contributed by atoms with E-state index in [-0.39, 0.29) is 6.04 Å². The van der Waals surface area contributed by atoms with Gasteiger partial charge in [-0.3, -0.25) is 9.97 Å². The van der Waals surface area contributed by atoms with Crippen molar-refractivity contribution >= 4 is 5.69 Å². The number of aryl methyl sites for hydroxylation is 1. The summed E-state index contributed by atoms with van der Waals surface area (Å²) in [7, 11) is 0. The van der Waals surface area contributed by atoms with Crippen molar-refractivity contribution in [1.29, 1.82) is 5.26 Å². The summed E-state index contributed by atoms with van der Waals surface area (Å²) in [5.74, 6) is 0. The van der Waals surface area contributed by atoms with Crippen LogP contribution in [0.1, 0.15) is 29.9 Å². The molecule has 0 aliphatic rings. The predicted octanol–water partition coefficient (Wildman–Crippen LogP) is 2.83. The Morgan fingerprint density at radius 3 is 2.44 bits per heavy atom. The molecule has 1 aromatic carbocycles. The lowest BCUT2D eigenvalue weighted by Crippen LogP contribution is -2.10. The molecular weight excluding hydrogens is 224 g/mol. The Bertz CT molecular complexity index is 569. The van der Waals surface area contributed by atoms with E-state index in [1.54, 1.807) is 24.5 Å². The summed E-state index contributed by atoms with van der Waals surface area (Å²) in [5, 5.41) is 12.1. The van der Waals surface area contributed by atoms with E-state index in [2.05, 4.69) is 21.4 Å². The van der Waals surface area contributed by atoms with E-state index in [9.17, 15) is 0 Å². The average Bonchev–Trinajstić information content (AvgIpc) is 2.40. The Balaban J connectivity index is 2.14. The molecule has 0 saturated carbocycles. The second-order valence-electron chi connectivity index (χ2n) is 4.08. The van der Waals surface area contributed by atoms with E-state index in [0.717, 1.165) is 17.1 Å². The zero-order valence-corrected chi connectivity index (χ0v) is 10.4. The van der Waals surface area contributed by atoms with Gasteiger partial charge in [0.2, 0.25) is 0 Å². The molecule has 18 heavy (non-hydrogen) atoms. The summed E-state index contributed by atoms with van der Waals surface area (Å²) in [6, 6.07) is 9.53. The zero-order valence-electron chi connectivity index (χ0n) is 10.4. The number of benzene rings is 1. The number of nitrogens with one attached hydrogen (secondary N) is 1. The fraction of sp³-hybridized carbons (Fsp3) is 0.214. The number of nitrogens with zero attached hydrogens (tertiary/aromatic N) is 3. The van der Waals surface area contributed by atoms with Gasteiger partial charge in [0.15, 0.2) is 0 Å². The monoisotopic (exact) mass is 238 g/mol. The third-order valence-electron chi connectivity index (χ3n) is 2.73. The van der Waals surface area contributed by atoms with Gasteiger partial charge in [0.1, 0.15) is 0 Å². The maximum absolute atomic E-state index is 8.74. The Morgan fingerprint density at radius 2 is 1.83 bits per heavy atom. The molecular formula is C14H14N4. The van der Waals surface area contributed by atoms with Crippen molar-refractivity contribution in [2.75, 3.05) is 5.32 Å². The summed E-state index contributed by atoms with van der Waals surface area (Å²) < 4.78 is 0. The molecule has 1 unspecified atom stereocenters. The molecule has 1 heterocycles. The lowest BCUT2D eigenvalue weighted by atomic mass is 10.1. The van der Waals surface area contributed by atoms with Gasteiger partial charge < -0.3 is 5.32 Å². The van der Waals surface area contributed by atoms with Gasteiger partial charge in [-0.15, -0.1) is 0 Å². The smallest absolute Gasteiger partial charge is 0.0991 e. The molecule has 0 aliphatic heterocycles. The maximum Gasteiger partial charge on any atom is 0.0991 e. The number of hydrogen-bond donors (Lipinski definition) is 1. The van der Waals surface area contributed by atoms with E-state index < -0.39 is 0 Å². The summed E-state index contributed by atoms with van der Waals surface area (Å²) in [6.07, 6.45) is 3.38. The Morgan fingerprint density at radius 1 is 1.17 bits per heavy atom. The van der Waals surface area contributed by atoms with Crippen LogP contribution in [0.3, 0.4) is 0 Å². The van der Waals surface area contributed by atoms with Crippen LogP contribution >= 0.6 is 0 Å². The zero-order chi connectivity index (χ0) is 13.0. The molecule has 4 nitrogen and oxygen atoms in total. The molecule has 1 aromatic heterocycles. The number of nitriles is 1. The van der Waals surface area contributed by atoms with Crippen LogP contribution in [0.15, 0.2) is 36.7 Å². The fourth-order valence-corrected chi connectivity index (χ4v) is 1.80. The van der Waals surface area contributed by atoms with Gasteiger partial charge in [-0.1, -0.05) is 0 Å². The predicted molar refractivity (Wildman–Crippen MR) is 70.0 cm³/mol. The van der Waals surface area contributed by atoms with E-state index in [4.69, 9.17) is 5.26 Å². The van der Waals surface area contributed by atoms with Crippen LogP contribution in [0.5, 0.6) is 0 Å². The largest absolute Gasteiger partial charge is 0.377 e. The van der Waals surface area contributed by atoms with E-state index in [1.165, 1.54) is 0 Å². The highest BCUT2D eigenvalue weighted by Crippen LogP contribution is 2.19. The van der Waals surface area contributed by atoms with Crippen LogP contribution in [-0.2, 0) is 0 Å². The van der Waals surface area contributed by atoms with Crippen molar-refractivity contribution < 1.29 is 0 Å². The fourth-order valence-electron chi connectivity index (χ4n) is 1.80. The van der Waals surface area contributed by atoms with Crippen LogP contribution in [0.25, 0.3) is 0 Å². The van der Waals surface area contributed by atoms with E-state index in [1.807, 2.05) is 26.0 Å². The van der Waals surface area contributed by atoms with E-state index >= 15 is 0 Å². The van der Waals surface area contributed by atoms with Crippen molar-refractivity contribution in [2.24, 2.45) is 0 Å². The van der Waals surface area contributed by atoms with Crippen LogP contribution in [0, 0.1) is 18.3 Å². The first-order valence-corrected chi connectivity index (χ1v) is 5.75. The molecule has 2 aromatic rings. The molecule has 2 rings (SSSR count). The average molecular weight is 238 g/mol. The highest BCUT2D eigenvalue weighted by Gasteiger charge is 2.09. The number of anilines is 1. The highest BCUT2D eigenvalue weighted by atomic mass is 15.0. The quantitative estimate of drug-likeness (QED) is 0.893. The lowest BCUT2D eigenvalue weighted by Gasteiger charge is -2.15. The summed E-state index contributed by atoms with van der Waals surface area (Å²) in [4.78, 5) is 8.55. The maximum atomic E-state index is 8.74. The number of aromatic nitrogens is 2. The molecule has 0 saturated heterocycles. The standard InChI is InChI=1S/C14H14N4/c1-10-14(17-8-7-16-10)11(2)18-13-5-3-12(9-15)4-6-13/h3-8,11,18H,1-2H3. The number of hydrogen-bond acceptors (Lipinski definition) is 4. The van der Waals surface area contributed by atoms with Gasteiger partial charge in [0.05, 0.1) is 29.1 Å². The minimum atomic E-state index is 0.0756. The molecule has 0 amide bonds. The van der Waals surface area contributed by atoms with Gasteiger partial charge in [0.25, 0.3) is 0 Å². The van der Waals surface area contributed by atoms with Crippen LogP contribution in [-0.4, -0.2) is 9.97 Å². The first-order chi connectivity index (χ1) is 8.70. The van der Waals surface area contributed by atoms with Gasteiger partial charge in [-0.25, -0.2) is 0 Å². The topological polar surface area (TPSA) is 61.6 Å². The second kappa shape index (κ2) is 5.28. The lowest BCUT2D eigenvalue weighted by molar-refractivity contribution is 0.810. The Hall–Kier alpha value is -2.41. The van der Waals surface area contributed by atoms with Crippen molar-refractivity contribution in [2.45, 2.75) is 19.9 Å². The third-order valence-corrected chi connectivity index (χ3v) is 2.73. The van der Waals surface area contributed by atoms with Crippen LogP contribution in [0.4, 0.5) is 5.69 Å². The molecule has 90 valence electrons. The first kappa shape index (κ1) is 12.1. The molecule has 4 heteroatoms. The minimum absolute atomic E-state index is 0.0756. The normalized spacial score (nSPS) is 11.6. The molecule has 0 fully saturated rings. The first-order valence-electron chi connectivity index (χ1n) is 5.75. The van der Waals surface area contributed by atoms with Crippen molar-refractivity contribution in [3.8, 4) is 6.07 Å². The summed E-state index contributed by atoms with van der Waals surface area (Å²) >= 11 is 0. The molecule has 0 bridgehead atoms. The van der Waals surface area contributed by atoms with Crippen LogP contribution in [0.2, 0.25) is 0 Å². The third kappa shape index (κ3) is 2.64. The van der Waals surface area contributed by atoms with Crippen molar-refractivity contribution in [3.05, 3.63) is 53.6 Å². The molecule has 1 N–H and O–H groups in total. The molecule has 1 atom stereocenters. The summed E-state index contributed by atoms with van der Waals surface area (Å²) in [6.45, 7) is 3.98. The van der Waals surface area contributed by atoms with Crippen molar-refractivity contribution in [3.63, 3.8) is 0 Å². The van der Waals surface area contributed by atoms with E-state index in [0.29, 0.717) is 5.56 Å². The SMILES string of the molecule is Cc1nccnc1C(C)Nc1ccc(C#N)cc1. The second-order valence-corrected chi connectivity index (χ2v) is 4.08. The number of rotatable bonds is 3. The van der Waals surface area contributed by atoms with Crippen LogP contribution < -0.4 is 5.32 Å². The summed E-state index contributed by atoms with van der Waals surface area (Å²) in [5.41, 5.74) is 3.48. The van der Waals surface area contributed by atoms with Gasteiger partial charge >= 0.3 is 0 Å².